The lowest BCUT2D eigenvalue weighted by Gasteiger charge is -2.34. The van der Waals surface area contributed by atoms with Gasteiger partial charge in [0.05, 0.1) is 31.0 Å². The van der Waals surface area contributed by atoms with Gasteiger partial charge in [-0.15, -0.1) is 0 Å². The maximum absolute atomic E-state index is 13.7. The SMILES string of the molecule is O=C1N[C@H]2C[C@@H](C(=O)NC[C@H]3O[C@H](CCOc4cc(-c5ccc(CO)cc5)ccc41)CC[C@@H]3O)N(C(=O)Nc1ccccc1)C2. The minimum absolute atomic E-state index is 0.0517. The van der Waals surface area contributed by atoms with E-state index in [1.807, 2.05) is 42.5 Å². The Labute approximate surface area is 261 Å². The molecule has 3 heterocycles. The average Bonchev–Trinajstić information content (AvgIpc) is 3.49. The van der Waals surface area contributed by atoms with Gasteiger partial charge in [0.15, 0.2) is 0 Å². The molecule has 0 spiro atoms. The van der Waals surface area contributed by atoms with Crippen LogP contribution in [0.3, 0.4) is 0 Å². The van der Waals surface area contributed by atoms with Crippen molar-refractivity contribution in [2.24, 2.45) is 0 Å². The molecule has 2 saturated heterocycles. The minimum atomic E-state index is -0.844. The minimum Gasteiger partial charge on any atom is -0.493 e. The first-order valence-electron chi connectivity index (χ1n) is 15.4. The number of para-hydroxylation sites is 1. The lowest BCUT2D eigenvalue weighted by atomic mass is 9.99. The molecule has 4 amide bonds. The van der Waals surface area contributed by atoms with Gasteiger partial charge in [-0.05, 0) is 60.2 Å². The van der Waals surface area contributed by atoms with Crippen LogP contribution in [0.4, 0.5) is 10.5 Å². The van der Waals surface area contributed by atoms with Gasteiger partial charge >= 0.3 is 6.03 Å². The Morgan fingerprint density at radius 3 is 2.53 bits per heavy atom. The first kappa shape index (κ1) is 30.6. The van der Waals surface area contributed by atoms with E-state index in [-0.39, 0.29) is 50.6 Å². The lowest BCUT2D eigenvalue weighted by molar-refractivity contribution is -0.133. The number of nitrogens with one attached hydrogen (secondary N) is 3. The van der Waals surface area contributed by atoms with Crippen molar-refractivity contribution < 1.29 is 34.1 Å². The first-order chi connectivity index (χ1) is 21.9. The number of hydrogen-bond acceptors (Lipinski definition) is 7. The Kier molecular flexibility index (Phi) is 9.29. The second-order valence-corrected chi connectivity index (χ2v) is 11.8. The zero-order chi connectivity index (χ0) is 31.3. The normalized spacial score (nSPS) is 25.4. The molecule has 3 aromatic rings. The fourth-order valence-electron chi connectivity index (χ4n) is 6.17. The van der Waals surface area contributed by atoms with E-state index in [1.54, 1.807) is 30.3 Å². The molecule has 0 aromatic heterocycles. The number of amides is 4. The summed E-state index contributed by atoms with van der Waals surface area (Å²) in [6.45, 7) is 0.453. The van der Waals surface area contributed by atoms with Gasteiger partial charge < -0.3 is 40.5 Å². The zero-order valence-corrected chi connectivity index (χ0v) is 24.9. The van der Waals surface area contributed by atoms with Crippen LogP contribution >= 0.6 is 0 Å². The summed E-state index contributed by atoms with van der Waals surface area (Å²) in [4.78, 5) is 42.0. The molecule has 0 saturated carbocycles. The quantitative estimate of drug-likeness (QED) is 0.305. The fraction of sp³-hybridized carbons (Fsp3) is 0.382. The standard InChI is InChI=1S/C34H38N4O7/c39-20-21-6-8-22(9-7-21)23-10-12-27-30(16-23)44-15-14-26-11-13-29(40)31(45-26)18-35-33(42)28-17-25(36-32(27)41)19-38(28)34(43)37-24-4-2-1-3-5-24/h1-10,12,16,25-26,28-29,31,39-40H,11,13-15,17-20H2,(H,35,42)(H,36,41)(H,37,43)/t25-,26-,28-,29-,31+/m0/s1. The van der Waals surface area contributed by atoms with Gasteiger partial charge in [-0.1, -0.05) is 48.5 Å². The van der Waals surface area contributed by atoms with Crippen LogP contribution in [-0.2, 0) is 16.1 Å². The van der Waals surface area contributed by atoms with Crippen LogP contribution in [0.2, 0.25) is 0 Å². The molecule has 0 aliphatic carbocycles. The smallest absolute Gasteiger partial charge is 0.322 e. The second-order valence-electron chi connectivity index (χ2n) is 11.8. The molecule has 3 aromatic carbocycles. The first-order valence-corrected chi connectivity index (χ1v) is 15.4. The number of nitrogens with zero attached hydrogens (tertiary/aromatic N) is 1. The number of hydrogen-bond donors (Lipinski definition) is 5. The molecule has 5 N–H and O–H groups in total. The van der Waals surface area contributed by atoms with Crippen molar-refractivity contribution in [3.05, 3.63) is 83.9 Å². The van der Waals surface area contributed by atoms with Crippen molar-refractivity contribution in [1.29, 1.82) is 0 Å². The van der Waals surface area contributed by atoms with Crippen molar-refractivity contribution in [2.75, 3.05) is 25.0 Å². The predicted octanol–water partition coefficient (Wildman–Crippen LogP) is 3.06. The Hall–Kier alpha value is -4.45. The topological polar surface area (TPSA) is 149 Å². The van der Waals surface area contributed by atoms with Crippen molar-refractivity contribution in [3.8, 4) is 16.9 Å². The van der Waals surface area contributed by atoms with E-state index in [9.17, 15) is 24.6 Å². The van der Waals surface area contributed by atoms with Gasteiger partial charge in [0.2, 0.25) is 5.91 Å². The molecule has 11 nitrogen and oxygen atoms in total. The maximum atomic E-state index is 13.7. The Morgan fingerprint density at radius 2 is 1.76 bits per heavy atom. The Balaban J connectivity index is 1.29. The molecule has 45 heavy (non-hydrogen) atoms. The largest absolute Gasteiger partial charge is 0.493 e. The monoisotopic (exact) mass is 614 g/mol. The summed E-state index contributed by atoms with van der Waals surface area (Å²) in [7, 11) is 0. The number of carbonyl (C=O) groups excluding carboxylic acids is 3. The predicted molar refractivity (Wildman–Crippen MR) is 167 cm³/mol. The highest BCUT2D eigenvalue weighted by molar-refractivity contribution is 5.98. The molecule has 2 fully saturated rings. The van der Waals surface area contributed by atoms with E-state index >= 15 is 0 Å². The number of benzene rings is 3. The molecule has 11 heteroatoms. The number of urea groups is 1. The molecule has 5 atom stereocenters. The third-order valence-corrected chi connectivity index (χ3v) is 8.68. The van der Waals surface area contributed by atoms with Gasteiger partial charge in [0.1, 0.15) is 17.9 Å². The van der Waals surface area contributed by atoms with Gasteiger partial charge in [-0.3, -0.25) is 9.59 Å². The van der Waals surface area contributed by atoms with Crippen LogP contribution < -0.4 is 20.7 Å². The number of aliphatic hydroxyl groups excluding tert-OH is 2. The van der Waals surface area contributed by atoms with Crippen LogP contribution in [0.5, 0.6) is 5.75 Å². The summed E-state index contributed by atoms with van der Waals surface area (Å²) in [5.41, 5.74) is 3.47. The van der Waals surface area contributed by atoms with Crippen LogP contribution in [-0.4, -0.2) is 83.1 Å². The number of carbonyl (C=O) groups is 3. The fourth-order valence-corrected chi connectivity index (χ4v) is 6.17. The summed E-state index contributed by atoms with van der Waals surface area (Å²) >= 11 is 0. The molecule has 0 unspecified atom stereocenters. The Bertz CT molecular complexity index is 1520. The van der Waals surface area contributed by atoms with Gasteiger partial charge in [0, 0.05) is 31.2 Å². The summed E-state index contributed by atoms with van der Waals surface area (Å²) in [5.74, 6) is -0.340. The summed E-state index contributed by atoms with van der Waals surface area (Å²) in [6, 6.07) is 20.1. The van der Waals surface area contributed by atoms with Crippen LogP contribution in [0.1, 0.15) is 41.6 Å². The van der Waals surface area contributed by atoms with E-state index in [0.717, 1.165) is 16.7 Å². The Morgan fingerprint density at radius 1 is 0.978 bits per heavy atom. The van der Waals surface area contributed by atoms with E-state index in [2.05, 4.69) is 16.0 Å². The van der Waals surface area contributed by atoms with Crippen LogP contribution in [0.25, 0.3) is 11.1 Å². The van der Waals surface area contributed by atoms with Crippen molar-refractivity contribution in [3.63, 3.8) is 0 Å². The molecule has 0 radical (unpaired) electrons. The number of anilines is 1. The highest BCUT2D eigenvalue weighted by Crippen LogP contribution is 2.30. The summed E-state index contributed by atoms with van der Waals surface area (Å²) < 4.78 is 12.4. The molecular formula is C34H38N4O7. The number of likely N-dealkylation sites (tertiary alicyclic amines) is 1. The second kappa shape index (κ2) is 13.7. The van der Waals surface area contributed by atoms with E-state index in [4.69, 9.17) is 9.47 Å². The number of ether oxygens (including phenoxy) is 2. The highest BCUT2D eigenvalue weighted by atomic mass is 16.5. The van der Waals surface area contributed by atoms with Crippen LogP contribution in [0.15, 0.2) is 72.8 Å². The number of fused-ring (bicyclic) bond motifs is 5. The van der Waals surface area contributed by atoms with Crippen molar-refractivity contribution in [1.82, 2.24) is 15.5 Å². The third-order valence-electron chi connectivity index (χ3n) is 8.68. The zero-order valence-electron chi connectivity index (χ0n) is 24.9. The van der Waals surface area contributed by atoms with Crippen molar-refractivity contribution in [2.45, 2.75) is 62.7 Å². The van der Waals surface area contributed by atoms with Gasteiger partial charge in [0.25, 0.3) is 5.91 Å². The summed E-state index contributed by atoms with van der Waals surface area (Å²) in [5, 5.41) is 28.8. The average molecular weight is 615 g/mol. The van der Waals surface area contributed by atoms with Gasteiger partial charge in [-0.2, -0.15) is 0 Å². The molecular weight excluding hydrogens is 576 g/mol. The molecule has 3 aliphatic rings. The maximum Gasteiger partial charge on any atom is 0.322 e. The van der Waals surface area contributed by atoms with E-state index in [0.29, 0.717) is 36.3 Å². The molecule has 6 rings (SSSR count). The van der Waals surface area contributed by atoms with Crippen molar-refractivity contribution >= 4 is 23.5 Å². The van der Waals surface area contributed by atoms with E-state index in [1.165, 1.54) is 4.90 Å². The molecule has 236 valence electrons. The highest BCUT2D eigenvalue weighted by Gasteiger charge is 2.41. The van der Waals surface area contributed by atoms with Gasteiger partial charge in [-0.25, -0.2) is 4.79 Å². The number of aliphatic hydroxyl groups is 2. The number of rotatable bonds is 3. The lowest BCUT2D eigenvalue weighted by Crippen LogP contribution is -2.51. The molecule has 4 bridgehead atoms. The van der Waals surface area contributed by atoms with Crippen LogP contribution in [0, 0.1) is 0 Å². The molecule has 3 aliphatic heterocycles. The van der Waals surface area contributed by atoms with E-state index < -0.39 is 30.3 Å². The summed E-state index contributed by atoms with van der Waals surface area (Å²) in [6.07, 6.45) is 0.388. The third kappa shape index (κ3) is 7.11.